The lowest BCUT2D eigenvalue weighted by Crippen LogP contribution is -2.40. The van der Waals surface area contributed by atoms with Crippen molar-refractivity contribution in [2.24, 2.45) is 11.8 Å². The van der Waals surface area contributed by atoms with E-state index in [0.717, 1.165) is 25.3 Å². The zero-order valence-corrected chi connectivity index (χ0v) is 9.92. The van der Waals surface area contributed by atoms with Crippen LogP contribution < -0.4 is 0 Å². The molecule has 1 aliphatic rings. The molecule has 1 amide bonds. The van der Waals surface area contributed by atoms with Gasteiger partial charge in [-0.2, -0.15) is 0 Å². The molecule has 0 spiro atoms. The van der Waals surface area contributed by atoms with Crippen LogP contribution >= 0.6 is 0 Å². The van der Waals surface area contributed by atoms with E-state index in [0.29, 0.717) is 17.9 Å². The van der Waals surface area contributed by atoms with Crippen LogP contribution in [-0.2, 0) is 4.79 Å². The quantitative estimate of drug-likeness (QED) is 0.681. The number of hydrogen-bond donors (Lipinski definition) is 0. The molecule has 0 N–H and O–H groups in total. The Morgan fingerprint density at radius 1 is 1.43 bits per heavy atom. The number of carbonyl (C=O) groups is 1. The van der Waals surface area contributed by atoms with Crippen LogP contribution in [0.3, 0.4) is 0 Å². The number of rotatable bonds is 3. The summed E-state index contributed by atoms with van der Waals surface area (Å²) >= 11 is 0. The van der Waals surface area contributed by atoms with Gasteiger partial charge in [0, 0.05) is 18.5 Å². The fourth-order valence-corrected chi connectivity index (χ4v) is 2.44. The third-order valence-corrected chi connectivity index (χ3v) is 3.29. The van der Waals surface area contributed by atoms with Crippen LogP contribution in [0.25, 0.3) is 0 Å². The Morgan fingerprint density at radius 3 is 2.43 bits per heavy atom. The second-order valence-electron chi connectivity index (χ2n) is 4.83. The van der Waals surface area contributed by atoms with E-state index in [1.54, 1.807) is 0 Å². The molecule has 0 aliphatic heterocycles. The molecule has 0 aromatic heterocycles. The standard InChI is InChI=1S/C12H23NO/c1-5-13(9(2)3)12(14)11-7-6-10(4)8-11/h9-11H,5-8H2,1-4H3/t10-,11-/m1/s1. The van der Waals surface area contributed by atoms with Gasteiger partial charge in [0.25, 0.3) is 0 Å². The topological polar surface area (TPSA) is 20.3 Å². The fourth-order valence-electron chi connectivity index (χ4n) is 2.44. The van der Waals surface area contributed by atoms with Crippen molar-refractivity contribution in [1.82, 2.24) is 4.90 Å². The normalized spacial score (nSPS) is 26.9. The van der Waals surface area contributed by atoms with Gasteiger partial charge in [0.05, 0.1) is 0 Å². The molecular formula is C12H23NO. The Balaban J connectivity index is 2.55. The monoisotopic (exact) mass is 197 g/mol. The van der Waals surface area contributed by atoms with Crippen LogP contribution in [0.15, 0.2) is 0 Å². The third kappa shape index (κ3) is 2.49. The van der Waals surface area contributed by atoms with Gasteiger partial charge >= 0.3 is 0 Å². The molecule has 2 atom stereocenters. The molecule has 0 aromatic rings. The summed E-state index contributed by atoms with van der Waals surface area (Å²) in [6, 6.07) is 0.350. The first-order valence-electron chi connectivity index (χ1n) is 5.86. The smallest absolute Gasteiger partial charge is 0.225 e. The summed E-state index contributed by atoms with van der Waals surface area (Å²) in [7, 11) is 0. The van der Waals surface area contributed by atoms with E-state index in [4.69, 9.17) is 0 Å². The Bertz CT molecular complexity index is 200. The molecule has 1 rings (SSSR count). The molecule has 2 nitrogen and oxygen atoms in total. The van der Waals surface area contributed by atoms with E-state index >= 15 is 0 Å². The highest BCUT2D eigenvalue weighted by Crippen LogP contribution is 2.31. The van der Waals surface area contributed by atoms with Gasteiger partial charge in [-0.25, -0.2) is 0 Å². The van der Waals surface area contributed by atoms with Crippen LogP contribution in [0.2, 0.25) is 0 Å². The second-order valence-corrected chi connectivity index (χ2v) is 4.83. The van der Waals surface area contributed by atoms with E-state index in [2.05, 4.69) is 27.7 Å². The lowest BCUT2D eigenvalue weighted by atomic mass is 10.0. The average Bonchev–Trinajstić information content (AvgIpc) is 2.52. The molecule has 82 valence electrons. The van der Waals surface area contributed by atoms with E-state index in [9.17, 15) is 4.79 Å². The van der Waals surface area contributed by atoms with Crippen molar-refractivity contribution >= 4 is 5.91 Å². The third-order valence-electron chi connectivity index (χ3n) is 3.29. The Kier molecular flexibility index (Phi) is 3.97. The molecule has 1 saturated carbocycles. The maximum absolute atomic E-state index is 12.1. The zero-order chi connectivity index (χ0) is 10.7. The van der Waals surface area contributed by atoms with Crippen molar-refractivity contribution in [2.75, 3.05) is 6.54 Å². The minimum absolute atomic E-state index is 0.312. The number of amides is 1. The van der Waals surface area contributed by atoms with Crippen LogP contribution in [0, 0.1) is 11.8 Å². The van der Waals surface area contributed by atoms with Gasteiger partial charge in [-0.1, -0.05) is 6.92 Å². The summed E-state index contributed by atoms with van der Waals surface area (Å²) in [6.45, 7) is 9.36. The molecule has 1 aliphatic carbocycles. The average molecular weight is 197 g/mol. The second kappa shape index (κ2) is 4.81. The number of nitrogens with zero attached hydrogens (tertiary/aromatic N) is 1. The molecule has 2 heteroatoms. The van der Waals surface area contributed by atoms with Crippen molar-refractivity contribution in [2.45, 2.75) is 53.0 Å². The SMILES string of the molecule is CCN(C(=O)[C@@H]1CC[C@@H](C)C1)C(C)C. The van der Waals surface area contributed by atoms with Gasteiger partial charge in [-0.15, -0.1) is 0 Å². The molecule has 0 unspecified atom stereocenters. The van der Waals surface area contributed by atoms with Crippen molar-refractivity contribution in [3.05, 3.63) is 0 Å². The van der Waals surface area contributed by atoms with Gasteiger partial charge in [0.15, 0.2) is 0 Å². The summed E-state index contributed by atoms with van der Waals surface area (Å²) in [5.41, 5.74) is 0. The van der Waals surface area contributed by atoms with E-state index in [-0.39, 0.29) is 0 Å². The maximum Gasteiger partial charge on any atom is 0.225 e. The van der Waals surface area contributed by atoms with Crippen molar-refractivity contribution in [1.29, 1.82) is 0 Å². The highest BCUT2D eigenvalue weighted by atomic mass is 16.2. The number of hydrogen-bond acceptors (Lipinski definition) is 1. The summed E-state index contributed by atoms with van der Waals surface area (Å²) in [5.74, 6) is 1.44. The molecule has 0 radical (unpaired) electrons. The first-order chi connectivity index (χ1) is 6.56. The Labute approximate surface area is 87.7 Å². The first kappa shape index (κ1) is 11.5. The van der Waals surface area contributed by atoms with Crippen molar-refractivity contribution < 1.29 is 4.79 Å². The van der Waals surface area contributed by atoms with Gasteiger partial charge in [-0.05, 0) is 46.0 Å². The van der Waals surface area contributed by atoms with E-state index in [1.165, 1.54) is 6.42 Å². The molecule has 0 aromatic carbocycles. The van der Waals surface area contributed by atoms with Gasteiger partial charge < -0.3 is 4.90 Å². The lowest BCUT2D eigenvalue weighted by Gasteiger charge is -2.28. The molecule has 1 fully saturated rings. The van der Waals surface area contributed by atoms with Gasteiger partial charge in [-0.3, -0.25) is 4.79 Å². The van der Waals surface area contributed by atoms with Crippen LogP contribution in [-0.4, -0.2) is 23.4 Å². The lowest BCUT2D eigenvalue weighted by molar-refractivity contribution is -0.136. The van der Waals surface area contributed by atoms with Crippen LogP contribution in [0.1, 0.15) is 47.0 Å². The van der Waals surface area contributed by atoms with Crippen molar-refractivity contribution in [3.63, 3.8) is 0 Å². The molecule has 0 heterocycles. The predicted molar refractivity (Wildman–Crippen MR) is 59.0 cm³/mol. The predicted octanol–water partition coefficient (Wildman–Crippen LogP) is 2.68. The molecule has 0 bridgehead atoms. The molecular weight excluding hydrogens is 174 g/mol. The first-order valence-corrected chi connectivity index (χ1v) is 5.86. The largest absolute Gasteiger partial charge is 0.340 e. The highest BCUT2D eigenvalue weighted by molar-refractivity contribution is 5.79. The summed E-state index contributed by atoms with van der Waals surface area (Å²) in [5, 5.41) is 0. The Morgan fingerprint density at radius 2 is 2.07 bits per heavy atom. The Hall–Kier alpha value is -0.530. The summed E-state index contributed by atoms with van der Waals surface area (Å²) in [6.07, 6.45) is 3.43. The van der Waals surface area contributed by atoms with E-state index < -0.39 is 0 Å². The van der Waals surface area contributed by atoms with Crippen LogP contribution in [0.5, 0.6) is 0 Å². The van der Waals surface area contributed by atoms with E-state index in [1.807, 2.05) is 4.90 Å². The zero-order valence-electron chi connectivity index (χ0n) is 9.92. The molecule has 14 heavy (non-hydrogen) atoms. The number of carbonyl (C=O) groups excluding carboxylic acids is 1. The van der Waals surface area contributed by atoms with Crippen molar-refractivity contribution in [3.8, 4) is 0 Å². The van der Waals surface area contributed by atoms with Crippen LogP contribution in [0.4, 0.5) is 0 Å². The van der Waals surface area contributed by atoms with Gasteiger partial charge in [0.2, 0.25) is 5.91 Å². The van der Waals surface area contributed by atoms with Gasteiger partial charge in [0.1, 0.15) is 0 Å². The maximum atomic E-state index is 12.1. The fraction of sp³-hybridized carbons (Fsp3) is 0.917. The minimum Gasteiger partial charge on any atom is -0.340 e. The summed E-state index contributed by atoms with van der Waals surface area (Å²) in [4.78, 5) is 14.1. The highest BCUT2D eigenvalue weighted by Gasteiger charge is 2.30. The minimum atomic E-state index is 0.312. The molecule has 0 saturated heterocycles. The summed E-state index contributed by atoms with van der Waals surface area (Å²) < 4.78 is 0.